The van der Waals surface area contributed by atoms with E-state index in [0.29, 0.717) is 12.8 Å². The number of carbonyl (C=O) groups is 1. The van der Waals surface area contributed by atoms with Crippen LogP contribution in [0.2, 0.25) is 0 Å². The van der Waals surface area contributed by atoms with Crippen LogP contribution in [0.1, 0.15) is 30.0 Å². The Morgan fingerprint density at radius 2 is 1.48 bits per heavy atom. The van der Waals surface area contributed by atoms with Gasteiger partial charge in [0.2, 0.25) is 6.79 Å². The van der Waals surface area contributed by atoms with Gasteiger partial charge < -0.3 is 14.6 Å². The molecule has 1 N–H and O–H groups in total. The van der Waals surface area contributed by atoms with Gasteiger partial charge >= 0.3 is 5.97 Å². The molecule has 0 saturated carbocycles. The van der Waals surface area contributed by atoms with Gasteiger partial charge in [-0.2, -0.15) is 0 Å². The molecule has 0 bridgehead atoms. The van der Waals surface area contributed by atoms with Crippen LogP contribution >= 0.6 is 0 Å². The Hall–Kier alpha value is -3.31. The van der Waals surface area contributed by atoms with Crippen molar-refractivity contribution in [1.82, 2.24) is 4.90 Å². The molecule has 0 spiro atoms. The summed E-state index contributed by atoms with van der Waals surface area (Å²) >= 11 is 0. The number of nitrogens with zero attached hydrogens (tertiary/aromatic N) is 1. The molecule has 5 nitrogen and oxygen atoms in total. The summed E-state index contributed by atoms with van der Waals surface area (Å²) in [5, 5.41) is 9.39. The van der Waals surface area contributed by atoms with Gasteiger partial charge in [0.25, 0.3) is 0 Å². The number of ether oxygens (including phenoxy) is 2. The standard InChI is InChI=1S/C26H25NO4/c28-26(29)21-12-14-27(15-13-21)25(22-10-11-23-24(16-22)31-17-30-23)20-8-6-19(7-9-20)18-4-2-1-3-5-18/h1-11,16,21,25H,12-15,17H2,(H,28,29). The van der Waals surface area contributed by atoms with Gasteiger partial charge in [0.1, 0.15) is 0 Å². The van der Waals surface area contributed by atoms with Gasteiger partial charge in [0.05, 0.1) is 12.0 Å². The maximum atomic E-state index is 11.4. The van der Waals surface area contributed by atoms with Crippen LogP contribution in [-0.2, 0) is 4.79 Å². The fourth-order valence-corrected chi connectivity index (χ4v) is 4.59. The SMILES string of the molecule is O=C(O)C1CCN(C(c2ccc(-c3ccccc3)cc2)c2ccc3c(c2)OCO3)CC1. The molecule has 31 heavy (non-hydrogen) atoms. The van der Waals surface area contributed by atoms with Gasteiger partial charge in [-0.3, -0.25) is 9.69 Å². The van der Waals surface area contributed by atoms with Crippen molar-refractivity contribution in [3.8, 4) is 22.6 Å². The smallest absolute Gasteiger partial charge is 0.306 e. The summed E-state index contributed by atoms with van der Waals surface area (Å²) in [6.07, 6.45) is 1.33. The number of likely N-dealkylation sites (tertiary alicyclic amines) is 1. The zero-order chi connectivity index (χ0) is 21.2. The lowest BCUT2D eigenvalue weighted by atomic mass is 9.90. The van der Waals surface area contributed by atoms with Crippen LogP contribution in [0.15, 0.2) is 72.8 Å². The third-order valence-corrected chi connectivity index (χ3v) is 6.29. The quantitative estimate of drug-likeness (QED) is 0.638. The Morgan fingerprint density at radius 1 is 0.839 bits per heavy atom. The van der Waals surface area contributed by atoms with E-state index in [1.165, 1.54) is 16.7 Å². The van der Waals surface area contributed by atoms with Gasteiger partial charge in [0.15, 0.2) is 11.5 Å². The number of carboxylic acids is 1. The zero-order valence-electron chi connectivity index (χ0n) is 17.2. The summed E-state index contributed by atoms with van der Waals surface area (Å²) in [5.74, 6) is 0.593. The Kier molecular flexibility index (Phi) is 5.35. The van der Waals surface area contributed by atoms with E-state index in [0.717, 1.165) is 30.2 Å². The highest BCUT2D eigenvalue weighted by molar-refractivity contribution is 5.70. The summed E-state index contributed by atoms with van der Waals surface area (Å²) in [4.78, 5) is 13.8. The van der Waals surface area contributed by atoms with Crippen LogP contribution in [-0.4, -0.2) is 35.9 Å². The molecule has 5 rings (SSSR count). The Morgan fingerprint density at radius 3 is 2.19 bits per heavy atom. The molecule has 3 aromatic rings. The fraction of sp³-hybridized carbons (Fsp3) is 0.269. The van der Waals surface area contributed by atoms with Crippen LogP contribution in [0.25, 0.3) is 11.1 Å². The molecule has 2 heterocycles. The van der Waals surface area contributed by atoms with Crippen molar-refractivity contribution in [2.75, 3.05) is 19.9 Å². The van der Waals surface area contributed by atoms with Crippen molar-refractivity contribution >= 4 is 5.97 Å². The molecule has 158 valence electrons. The van der Waals surface area contributed by atoms with E-state index < -0.39 is 5.97 Å². The summed E-state index contributed by atoms with van der Waals surface area (Å²) < 4.78 is 11.1. The van der Waals surface area contributed by atoms with Gasteiger partial charge in [0, 0.05) is 0 Å². The molecule has 1 saturated heterocycles. The molecule has 0 aromatic heterocycles. The lowest BCUT2D eigenvalue weighted by Crippen LogP contribution is -2.39. The maximum Gasteiger partial charge on any atom is 0.306 e. The van der Waals surface area contributed by atoms with Crippen molar-refractivity contribution < 1.29 is 19.4 Å². The van der Waals surface area contributed by atoms with E-state index in [1.54, 1.807) is 0 Å². The van der Waals surface area contributed by atoms with Crippen LogP contribution in [0.4, 0.5) is 0 Å². The number of fused-ring (bicyclic) bond motifs is 1. The van der Waals surface area contributed by atoms with E-state index in [-0.39, 0.29) is 18.8 Å². The van der Waals surface area contributed by atoms with Crippen molar-refractivity contribution in [3.05, 3.63) is 83.9 Å². The van der Waals surface area contributed by atoms with Crippen molar-refractivity contribution in [2.45, 2.75) is 18.9 Å². The highest BCUT2D eigenvalue weighted by Gasteiger charge is 2.31. The van der Waals surface area contributed by atoms with Crippen molar-refractivity contribution in [3.63, 3.8) is 0 Å². The number of benzene rings is 3. The lowest BCUT2D eigenvalue weighted by Gasteiger charge is -2.37. The first-order valence-corrected chi connectivity index (χ1v) is 10.7. The van der Waals surface area contributed by atoms with E-state index in [4.69, 9.17) is 9.47 Å². The average molecular weight is 415 g/mol. The number of carboxylic acid groups (broad SMARTS) is 1. The predicted molar refractivity (Wildman–Crippen MR) is 118 cm³/mol. The summed E-state index contributed by atoms with van der Waals surface area (Å²) in [7, 11) is 0. The van der Waals surface area contributed by atoms with E-state index in [2.05, 4.69) is 53.4 Å². The third-order valence-electron chi connectivity index (χ3n) is 6.29. The number of piperidine rings is 1. The zero-order valence-corrected chi connectivity index (χ0v) is 17.2. The van der Waals surface area contributed by atoms with Crippen molar-refractivity contribution in [1.29, 1.82) is 0 Å². The van der Waals surface area contributed by atoms with Gasteiger partial charge in [-0.1, -0.05) is 60.7 Å². The van der Waals surface area contributed by atoms with Crippen LogP contribution in [0, 0.1) is 5.92 Å². The van der Waals surface area contributed by atoms with Gasteiger partial charge in [-0.15, -0.1) is 0 Å². The maximum absolute atomic E-state index is 11.4. The summed E-state index contributed by atoms with van der Waals surface area (Å²) in [5.41, 5.74) is 4.69. The molecular weight excluding hydrogens is 390 g/mol. The lowest BCUT2D eigenvalue weighted by molar-refractivity contribution is -0.143. The van der Waals surface area contributed by atoms with Gasteiger partial charge in [-0.05, 0) is 60.3 Å². The van der Waals surface area contributed by atoms with Gasteiger partial charge in [-0.25, -0.2) is 0 Å². The molecule has 5 heteroatoms. The minimum Gasteiger partial charge on any atom is -0.481 e. The molecule has 1 fully saturated rings. The van der Waals surface area contributed by atoms with E-state index in [1.807, 2.05) is 24.3 Å². The van der Waals surface area contributed by atoms with E-state index in [9.17, 15) is 9.90 Å². The second-order valence-corrected chi connectivity index (χ2v) is 8.15. The minimum atomic E-state index is -0.688. The fourth-order valence-electron chi connectivity index (χ4n) is 4.59. The molecule has 0 amide bonds. The average Bonchev–Trinajstić information content (AvgIpc) is 3.29. The number of hydrogen-bond acceptors (Lipinski definition) is 4. The van der Waals surface area contributed by atoms with Crippen LogP contribution < -0.4 is 9.47 Å². The monoisotopic (exact) mass is 415 g/mol. The first-order chi connectivity index (χ1) is 15.2. The molecule has 2 aliphatic heterocycles. The first-order valence-electron chi connectivity index (χ1n) is 10.7. The first kappa shape index (κ1) is 19.6. The number of aliphatic carboxylic acids is 1. The summed E-state index contributed by atoms with van der Waals surface area (Å²) in [6, 6.07) is 25.2. The molecular formula is C26H25NO4. The topological polar surface area (TPSA) is 59.0 Å². The highest BCUT2D eigenvalue weighted by atomic mass is 16.7. The molecule has 0 radical (unpaired) electrons. The Labute approximate surface area is 181 Å². The minimum absolute atomic E-state index is 0.0362. The summed E-state index contributed by atoms with van der Waals surface area (Å²) in [6.45, 7) is 1.74. The molecule has 3 aromatic carbocycles. The molecule has 1 unspecified atom stereocenters. The second kappa shape index (κ2) is 8.44. The number of rotatable bonds is 5. The number of hydrogen-bond donors (Lipinski definition) is 1. The highest BCUT2D eigenvalue weighted by Crippen LogP contribution is 2.39. The van der Waals surface area contributed by atoms with Crippen LogP contribution in [0.5, 0.6) is 11.5 Å². The third kappa shape index (κ3) is 4.01. The Bertz CT molecular complexity index is 1060. The molecule has 1 atom stereocenters. The van der Waals surface area contributed by atoms with E-state index >= 15 is 0 Å². The second-order valence-electron chi connectivity index (χ2n) is 8.15. The predicted octanol–water partition coefficient (Wildman–Crippen LogP) is 4.97. The van der Waals surface area contributed by atoms with Crippen molar-refractivity contribution in [2.24, 2.45) is 5.92 Å². The largest absolute Gasteiger partial charge is 0.481 e. The molecule has 0 aliphatic carbocycles. The van der Waals surface area contributed by atoms with Crippen LogP contribution in [0.3, 0.4) is 0 Å². The Balaban J connectivity index is 1.47. The normalized spacial score (nSPS) is 17.4. The molecule has 2 aliphatic rings.